The van der Waals surface area contributed by atoms with Gasteiger partial charge in [-0.1, -0.05) is 0 Å². The zero-order valence-electron chi connectivity index (χ0n) is 10.5. The van der Waals surface area contributed by atoms with Crippen molar-refractivity contribution in [2.24, 2.45) is 5.92 Å². The summed E-state index contributed by atoms with van der Waals surface area (Å²) >= 11 is 0. The summed E-state index contributed by atoms with van der Waals surface area (Å²) in [6.07, 6.45) is 4.88. The molecule has 0 spiro atoms. The van der Waals surface area contributed by atoms with E-state index in [2.05, 4.69) is 14.9 Å². The quantitative estimate of drug-likeness (QED) is 0.890. The number of anilines is 1. The fourth-order valence-corrected chi connectivity index (χ4v) is 2.61. The summed E-state index contributed by atoms with van der Waals surface area (Å²) < 4.78 is 0. The Morgan fingerprint density at radius 1 is 1.21 bits per heavy atom. The normalized spacial score (nSPS) is 16.7. The van der Waals surface area contributed by atoms with Crippen LogP contribution in [-0.2, 0) is 4.79 Å². The Balaban J connectivity index is 1.88. The van der Waals surface area contributed by atoms with Crippen LogP contribution in [0.3, 0.4) is 0 Å². The second-order valence-electron chi connectivity index (χ2n) is 4.80. The van der Waals surface area contributed by atoms with Gasteiger partial charge < -0.3 is 10.0 Å². The number of carbonyl (C=O) groups is 1. The van der Waals surface area contributed by atoms with E-state index in [-0.39, 0.29) is 5.92 Å². The number of hydrogen-bond donors (Lipinski definition) is 1. The van der Waals surface area contributed by atoms with Crippen LogP contribution in [0, 0.1) is 5.92 Å². The molecule has 0 amide bonds. The minimum atomic E-state index is -0.680. The SMILES string of the molecule is O=C(O)C1CCN(c2ccnc3ncccc23)CC1. The Morgan fingerprint density at radius 3 is 2.68 bits per heavy atom. The van der Waals surface area contributed by atoms with Crippen molar-refractivity contribution in [2.75, 3.05) is 18.0 Å². The number of aliphatic carboxylic acids is 1. The molecular weight excluding hydrogens is 242 g/mol. The molecule has 0 saturated carbocycles. The first kappa shape index (κ1) is 11.9. The highest BCUT2D eigenvalue weighted by atomic mass is 16.4. The van der Waals surface area contributed by atoms with Gasteiger partial charge in [0.05, 0.1) is 5.92 Å². The van der Waals surface area contributed by atoms with Gasteiger partial charge in [-0.3, -0.25) is 4.79 Å². The molecule has 0 radical (unpaired) electrons. The van der Waals surface area contributed by atoms with Gasteiger partial charge in [0.2, 0.25) is 0 Å². The molecule has 1 aliphatic rings. The highest BCUT2D eigenvalue weighted by molar-refractivity contribution is 5.89. The predicted molar refractivity (Wildman–Crippen MR) is 72.1 cm³/mol. The number of carboxylic acids is 1. The lowest BCUT2D eigenvalue weighted by atomic mass is 9.96. The van der Waals surface area contributed by atoms with Gasteiger partial charge in [0.25, 0.3) is 0 Å². The summed E-state index contributed by atoms with van der Waals surface area (Å²) in [6, 6.07) is 5.89. The summed E-state index contributed by atoms with van der Waals surface area (Å²) in [5.74, 6) is -0.886. The Hall–Kier alpha value is -2.17. The van der Waals surface area contributed by atoms with Crippen molar-refractivity contribution in [3.05, 3.63) is 30.6 Å². The molecule has 98 valence electrons. The smallest absolute Gasteiger partial charge is 0.306 e. The van der Waals surface area contributed by atoms with Crippen LogP contribution < -0.4 is 4.90 Å². The first-order valence-corrected chi connectivity index (χ1v) is 6.43. The van der Waals surface area contributed by atoms with E-state index in [0.29, 0.717) is 12.8 Å². The van der Waals surface area contributed by atoms with Crippen LogP contribution in [0.4, 0.5) is 5.69 Å². The van der Waals surface area contributed by atoms with Gasteiger partial charge in [0.1, 0.15) is 0 Å². The molecule has 3 heterocycles. The molecule has 0 atom stereocenters. The Bertz CT molecular complexity index is 601. The number of hydrogen-bond acceptors (Lipinski definition) is 4. The number of nitrogens with zero attached hydrogens (tertiary/aromatic N) is 3. The zero-order chi connectivity index (χ0) is 13.2. The summed E-state index contributed by atoms with van der Waals surface area (Å²) in [5.41, 5.74) is 1.84. The third kappa shape index (κ3) is 2.23. The van der Waals surface area contributed by atoms with Crippen LogP contribution in [0.5, 0.6) is 0 Å². The van der Waals surface area contributed by atoms with Crippen molar-refractivity contribution in [2.45, 2.75) is 12.8 Å². The number of piperidine rings is 1. The van der Waals surface area contributed by atoms with Crippen LogP contribution in [-0.4, -0.2) is 34.1 Å². The molecule has 2 aromatic heterocycles. The van der Waals surface area contributed by atoms with E-state index in [4.69, 9.17) is 5.11 Å². The van der Waals surface area contributed by atoms with E-state index in [0.717, 1.165) is 29.8 Å². The summed E-state index contributed by atoms with van der Waals surface area (Å²) in [7, 11) is 0. The number of pyridine rings is 2. The molecule has 1 aliphatic heterocycles. The van der Waals surface area contributed by atoms with Crippen LogP contribution in [0.2, 0.25) is 0 Å². The molecule has 1 saturated heterocycles. The van der Waals surface area contributed by atoms with Crippen molar-refractivity contribution in [1.82, 2.24) is 9.97 Å². The lowest BCUT2D eigenvalue weighted by Gasteiger charge is -2.32. The molecule has 5 nitrogen and oxygen atoms in total. The average molecular weight is 257 g/mol. The fourth-order valence-electron chi connectivity index (χ4n) is 2.61. The van der Waals surface area contributed by atoms with Gasteiger partial charge in [-0.05, 0) is 31.0 Å². The van der Waals surface area contributed by atoms with E-state index in [1.165, 1.54) is 0 Å². The number of fused-ring (bicyclic) bond motifs is 1. The van der Waals surface area contributed by atoms with Gasteiger partial charge in [0.15, 0.2) is 5.65 Å². The second kappa shape index (κ2) is 4.84. The van der Waals surface area contributed by atoms with Crippen molar-refractivity contribution >= 4 is 22.7 Å². The Kier molecular flexibility index (Phi) is 3.03. The van der Waals surface area contributed by atoms with Gasteiger partial charge in [0, 0.05) is 36.6 Å². The van der Waals surface area contributed by atoms with E-state index >= 15 is 0 Å². The molecule has 0 aliphatic carbocycles. The first-order valence-electron chi connectivity index (χ1n) is 6.43. The van der Waals surface area contributed by atoms with Crippen LogP contribution >= 0.6 is 0 Å². The largest absolute Gasteiger partial charge is 0.481 e. The van der Waals surface area contributed by atoms with Crippen LogP contribution in [0.1, 0.15) is 12.8 Å². The van der Waals surface area contributed by atoms with Crippen molar-refractivity contribution in [1.29, 1.82) is 0 Å². The molecule has 1 N–H and O–H groups in total. The average Bonchev–Trinajstić information content (AvgIpc) is 2.47. The van der Waals surface area contributed by atoms with E-state index in [1.54, 1.807) is 12.4 Å². The molecule has 1 fully saturated rings. The van der Waals surface area contributed by atoms with Crippen molar-refractivity contribution in [3.63, 3.8) is 0 Å². The lowest BCUT2D eigenvalue weighted by Crippen LogP contribution is -2.36. The third-order valence-electron chi connectivity index (χ3n) is 3.68. The third-order valence-corrected chi connectivity index (χ3v) is 3.68. The maximum atomic E-state index is 11.0. The van der Waals surface area contributed by atoms with Crippen molar-refractivity contribution in [3.8, 4) is 0 Å². The van der Waals surface area contributed by atoms with Crippen LogP contribution in [0.25, 0.3) is 11.0 Å². The van der Waals surface area contributed by atoms with Gasteiger partial charge in [-0.25, -0.2) is 9.97 Å². The minimum Gasteiger partial charge on any atom is -0.481 e. The highest BCUT2D eigenvalue weighted by Gasteiger charge is 2.25. The number of carboxylic acid groups (broad SMARTS) is 1. The maximum Gasteiger partial charge on any atom is 0.306 e. The standard InChI is InChI=1S/C14H15N3O2/c18-14(19)10-4-8-17(9-5-10)12-3-7-16-13-11(12)2-1-6-15-13/h1-3,6-7,10H,4-5,8-9H2,(H,18,19). The number of rotatable bonds is 2. The monoisotopic (exact) mass is 257 g/mol. The summed E-state index contributed by atoms with van der Waals surface area (Å²) in [4.78, 5) is 21.7. The topological polar surface area (TPSA) is 66.3 Å². The molecule has 0 bridgehead atoms. The minimum absolute atomic E-state index is 0.206. The molecule has 5 heteroatoms. The van der Waals surface area contributed by atoms with Gasteiger partial charge in [-0.2, -0.15) is 0 Å². The first-order chi connectivity index (χ1) is 9.25. The summed E-state index contributed by atoms with van der Waals surface area (Å²) in [6.45, 7) is 1.54. The van der Waals surface area contributed by atoms with E-state index in [1.807, 2.05) is 18.2 Å². The van der Waals surface area contributed by atoms with Crippen molar-refractivity contribution < 1.29 is 9.90 Å². The van der Waals surface area contributed by atoms with E-state index < -0.39 is 5.97 Å². The second-order valence-corrected chi connectivity index (χ2v) is 4.80. The summed E-state index contributed by atoms with van der Waals surface area (Å²) in [5, 5.41) is 10.1. The van der Waals surface area contributed by atoms with Gasteiger partial charge in [-0.15, -0.1) is 0 Å². The number of aromatic nitrogens is 2. The maximum absolute atomic E-state index is 11.0. The van der Waals surface area contributed by atoms with Crippen LogP contribution in [0.15, 0.2) is 30.6 Å². The molecule has 2 aromatic rings. The highest BCUT2D eigenvalue weighted by Crippen LogP contribution is 2.28. The fraction of sp³-hybridized carbons (Fsp3) is 0.357. The lowest BCUT2D eigenvalue weighted by molar-refractivity contribution is -0.142. The molecule has 0 unspecified atom stereocenters. The predicted octanol–water partition coefficient (Wildman–Crippen LogP) is 1.93. The molecule has 0 aromatic carbocycles. The van der Waals surface area contributed by atoms with E-state index in [9.17, 15) is 4.79 Å². The Morgan fingerprint density at radius 2 is 1.95 bits per heavy atom. The zero-order valence-corrected chi connectivity index (χ0v) is 10.5. The Labute approximate surface area is 110 Å². The molecular formula is C14H15N3O2. The van der Waals surface area contributed by atoms with Gasteiger partial charge >= 0.3 is 5.97 Å². The molecule has 3 rings (SSSR count). The molecule has 19 heavy (non-hydrogen) atoms.